The number of nitrogens with zero attached hydrogens (tertiary/aromatic N) is 3. The van der Waals surface area contributed by atoms with Crippen molar-refractivity contribution in [3.05, 3.63) is 28.6 Å². The molecule has 0 fully saturated rings. The summed E-state index contributed by atoms with van der Waals surface area (Å²) < 4.78 is 0. The fourth-order valence-electron chi connectivity index (χ4n) is 1.30. The molecule has 0 spiro atoms. The molecule has 0 radical (unpaired) electrons. The van der Waals surface area contributed by atoms with Crippen molar-refractivity contribution in [3.63, 3.8) is 0 Å². The molecule has 0 aliphatic carbocycles. The third kappa shape index (κ3) is 2.13. The number of hydrogen-bond donors (Lipinski definition) is 4. The maximum atomic E-state index is 11.4. The molecule has 0 aliphatic heterocycles. The first kappa shape index (κ1) is 11.6. The van der Waals surface area contributed by atoms with E-state index in [9.17, 15) is 15.0 Å². The SMILES string of the molecule is O=c1[nH]cnc2ncc([C@@H](O)[C@@H](O)CO)nc12. The first-order valence-electron chi connectivity index (χ1n) is 4.81. The summed E-state index contributed by atoms with van der Waals surface area (Å²) in [6.07, 6.45) is -0.398. The van der Waals surface area contributed by atoms with Crippen LogP contribution in [0.2, 0.25) is 0 Å². The van der Waals surface area contributed by atoms with E-state index in [2.05, 4.69) is 19.9 Å². The van der Waals surface area contributed by atoms with Gasteiger partial charge in [-0.2, -0.15) is 0 Å². The van der Waals surface area contributed by atoms with Crippen molar-refractivity contribution in [2.75, 3.05) is 6.61 Å². The van der Waals surface area contributed by atoms with Gasteiger partial charge in [-0.15, -0.1) is 0 Å². The molecule has 0 unspecified atom stereocenters. The number of aliphatic hydroxyl groups is 3. The van der Waals surface area contributed by atoms with Gasteiger partial charge in [-0.05, 0) is 0 Å². The Hall–Kier alpha value is -1.90. The molecule has 2 aromatic heterocycles. The number of nitrogens with one attached hydrogen (secondary N) is 1. The van der Waals surface area contributed by atoms with Crippen LogP contribution >= 0.6 is 0 Å². The lowest BCUT2D eigenvalue weighted by atomic mass is 10.1. The minimum atomic E-state index is -1.41. The molecule has 2 heterocycles. The standard InChI is InChI=1S/C9H10N4O4/c14-2-5(15)7(16)4-1-10-8-6(13-4)9(17)12-3-11-8/h1,3,5,7,14-16H,2H2,(H,10,11,12,17)/t5-,7+/m0/s1. The van der Waals surface area contributed by atoms with Gasteiger partial charge >= 0.3 is 0 Å². The molecule has 4 N–H and O–H groups in total. The van der Waals surface area contributed by atoms with E-state index in [0.29, 0.717) is 0 Å². The van der Waals surface area contributed by atoms with E-state index < -0.39 is 24.4 Å². The van der Waals surface area contributed by atoms with Crippen LogP contribution in [0.3, 0.4) is 0 Å². The first-order chi connectivity index (χ1) is 8.13. The van der Waals surface area contributed by atoms with Crippen molar-refractivity contribution in [2.45, 2.75) is 12.2 Å². The molecule has 17 heavy (non-hydrogen) atoms. The molecule has 8 heteroatoms. The van der Waals surface area contributed by atoms with Gasteiger partial charge in [0, 0.05) is 0 Å². The van der Waals surface area contributed by atoms with E-state index in [-0.39, 0.29) is 16.9 Å². The second-order valence-electron chi connectivity index (χ2n) is 3.39. The molecule has 0 aromatic carbocycles. The van der Waals surface area contributed by atoms with Gasteiger partial charge in [0.15, 0.2) is 11.2 Å². The number of aromatic nitrogens is 4. The zero-order valence-corrected chi connectivity index (χ0v) is 8.61. The molecule has 90 valence electrons. The number of rotatable bonds is 3. The Balaban J connectivity index is 2.51. The Morgan fingerprint density at radius 1 is 1.35 bits per heavy atom. The van der Waals surface area contributed by atoms with E-state index in [1.165, 1.54) is 12.5 Å². The minimum absolute atomic E-state index is 0.00227. The molecule has 2 rings (SSSR count). The third-order valence-corrected chi connectivity index (χ3v) is 2.22. The van der Waals surface area contributed by atoms with Crippen molar-refractivity contribution >= 4 is 11.2 Å². The summed E-state index contributed by atoms with van der Waals surface area (Å²) in [6.45, 7) is -0.621. The fraction of sp³-hybridized carbons (Fsp3) is 0.333. The van der Waals surface area contributed by atoms with Gasteiger partial charge in [-0.3, -0.25) is 4.79 Å². The van der Waals surface area contributed by atoms with Crippen LogP contribution in [0, 0.1) is 0 Å². The van der Waals surface area contributed by atoms with Crippen LogP contribution in [-0.2, 0) is 0 Å². The number of fused-ring (bicyclic) bond motifs is 1. The molecule has 0 aliphatic rings. The van der Waals surface area contributed by atoms with Crippen molar-refractivity contribution < 1.29 is 15.3 Å². The van der Waals surface area contributed by atoms with Gasteiger partial charge in [0.25, 0.3) is 5.56 Å². The summed E-state index contributed by atoms with van der Waals surface area (Å²) in [7, 11) is 0. The highest BCUT2D eigenvalue weighted by Crippen LogP contribution is 2.14. The van der Waals surface area contributed by atoms with E-state index in [1.54, 1.807) is 0 Å². The second kappa shape index (κ2) is 4.53. The highest BCUT2D eigenvalue weighted by molar-refractivity contribution is 5.67. The van der Waals surface area contributed by atoms with Crippen LogP contribution in [0.15, 0.2) is 17.3 Å². The van der Waals surface area contributed by atoms with Crippen LogP contribution in [0.1, 0.15) is 11.8 Å². The number of hydrogen-bond acceptors (Lipinski definition) is 7. The quantitative estimate of drug-likeness (QED) is 0.491. The normalized spacial score (nSPS) is 14.8. The molecule has 2 aromatic rings. The largest absolute Gasteiger partial charge is 0.394 e. The molecule has 8 nitrogen and oxygen atoms in total. The monoisotopic (exact) mass is 238 g/mol. The number of aromatic amines is 1. The maximum absolute atomic E-state index is 11.4. The van der Waals surface area contributed by atoms with Gasteiger partial charge in [0.1, 0.15) is 12.2 Å². The summed E-state index contributed by atoms with van der Waals surface area (Å²) >= 11 is 0. The van der Waals surface area contributed by atoms with Crippen LogP contribution < -0.4 is 5.56 Å². The van der Waals surface area contributed by atoms with Gasteiger partial charge in [0.2, 0.25) is 0 Å². The third-order valence-electron chi connectivity index (χ3n) is 2.22. The lowest BCUT2D eigenvalue weighted by Gasteiger charge is -2.14. The zero-order chi connectivity index (χ0) is 12.4. The summed E-state index contributed by atoms with van der Waals surface area (Å²) in [5.74, 6) is 0. The number of aliphatic hydroxyl groups excluding tert-OH is 3. The maximum Gasteiger partial charge on any atom is 0.278 e. The van der Waals surface area contributed by atoms with Crippen LogP contribution in [-0.4, -0.2) is 48.0 Å². The summed E-state index contributed by atoms with van der Waals surface area (Å²) in [5.41, 5.74) is -0.384. The smallest absolute Gasteiger partial charge is 0.278 e. The number of H-pyrrole nitrogens is 1. The highest BCUT2D eigenvalue weighted by atomic mass is 16.4. The first-order valence-corrected chi connectivity index (χ1v) is 4.81. The van der Waals surface area contributed by atoms with Gasteiger partial charge in [-0.1, -0.05) is 0 Å². The molecule has 0 saturated carbocycles. The average Bonchev–Trinajstić information content (AvgIpc) is 2.37. The fourth-order valence-corrected chi connectivity index (χ4v) is 1.30. The van der Waals surface area contributed by atoms with E-state index >= 15 is 0 Å². The predicted molar refractivity (Wildman–Crippen MR) is 56.0 cm³/mol. The van der Waals surface area contributed by atoms with Crippen LogP contribution in [0.4, 0.5) is 0 Å². The Morgan fingerprint density at radius 3 is 2.82 bits per heavy atom. The van der Waals surface area contributed by atoms with E-state index in [1.807, 2.05) is 0 Å². The average molecular weight is 238 g/mol. The van der Waals surface area contributed by atoms with Gasteiger partial charge < -0.3 is 20.3 Å². The van der Waals surface area contributed by atoms with Crippen LogP contribution in [0.5, 0.6) is 0 Å². The lowest BCUT2D eigenvalue weighted by Crippen LogP contribution is -2.23. The Bertz CT molecular complexity index is 584. The zero-order valence-electron chi connectivity index (χ0n) is 8.61. The topological polar surface area (TPSA) is 132 Å². The lowest BCUT2D eigenvalue weighted by molar-refractivity contribution is -0.0173. The minimum Gasteiger partial charge on any atom is -0.394 e. The molecular formula is C9H10N4O4. The summed E-state index contributed by atoms with van der Waals surface area (Å²) in [4.78, 5) is 25.2. The Morgan fingerprint density at radius 2 is 2.12 bits per heavy atom. The molecule has 0 saturated heterocycles. The van der Waals surface area contributed by atoms with E-state index in [4.69, 9.17) is 5.11 Å². The Kier molecular flexibility index (Phi) is 3.09. The van der Waals surface area contributed by atoms with Crippen molar-refractivity contribution in [1.29, 1.82) is 0 Å². The molecular weight excluding hydrogens is 228 g/mol. The molecule has 2 atom stereocenters. The Labute approximate surface area is 94.6 Å². The van der Waals surface area contributed by atoms with Crippen molar-refractivity contribution in [2.24, 2.45) is 0 Å². The summed E-state index contributed by atoms with van der Waals surface area (Å²) in [5, 5.41) is 27.5. The van der Waals surface area contributed by atoms with Crippen molar-refractivity contribution in [3.8, 4) is 0 Å². The molecule has 0 bridgehead atoms. The van der Waals surface area contributed by atoms with Crippen molar-refractivity contribution in [1.82, 2.24) is 19.9 Å². The highest BCUT2D eigenvalue weighted by Gasteiger charge is 2.20. The predicted octanol–water partition coefficient (Wildman–Crippen LogP) is -1.90. The summed E-state index contributed by atoms with van der Waals surface area (Å²) in [6, 6.07) is 0. The second-order valence-corrected chi connectivity index (χ2v) is 3.39. The molecule has 0 amide bonds. The van der Waals surface area contributed by atoms with Gasteiger partial charge in [0.05, 0.1) is 24.8 Å². The van der Waals surface area contributed by atoms with Gasteiger partial charge in [-0.25, -0.2) is 15.0 Å². The van der Waals surface area contributed by atoms with E-state index in [0.717, 1.165) is 0 Å². The van der Waals surface area contributed by atoms with Crippen LogP contribution in [0.25, 0.3) is 11.2 Å².